The molecule has 0 heterocycles. The van der Waals surface area contributed by atoms with Crippen molar-refractivity contribution in [1.82, 2.24) is 5.32 Å². The second-order valence-electron chi connectivity index (χ2n) is 7.61. The number of amides is 1. The third-order valence-electron chi connectivity index (χ3n) is 5.19. The van der Waals surface area contributed by atoms with Crippen molar-refractivity contribution < 1.29 is 19.1 Å². The molecule has 162 valence electrons. The first kappa shape index (κ1) is 23.8. The van der Waals surface area contributed by atoms with E-state index in [0.29, 0.717) is 51.4 Å². The summed E-state index contributed by atoms with van der Waals surface area (Å²) in [6.45, 7) is 10.4. The van der Waals surface area contributed by atoms with Crippen LogP contribution in [0.2, 0.25) is 0 Å². The molecule has 0 radical (unpaired) electrons. The average molecular weight is 412 g/mol. The molecule has 0 fully saturated rings. The second kappa shape index (κ2) is 12.3. The van der Waals surface area contributed by atoms with Crippen molar-refractivity contribution >= 4 is 11.7 Å². The first-order chi connectivity index (χ1) is 14.4. The summed E-state index contributed by atoms with van der Waals surface area (Å²) in [5.74, 6) is 0.0591. The van der Waals surface area contributed by atoms with Crippen LogP contribution in [0.15, 0.2) is 36.4 Å². The lowest BCUT2D eigenvalue weighted by Crippen LogP contribution is -2.27. The van der Waals surface area contributed by atoms with Gasteiger partial charge in [-0.15, -0.1) is 0 Å². The van der Waals surface area contributed by atoms with E-state index < -0.39 is 0 Å². The Morgan fingerprint density at radius 3 is 1.93 bits per heavy atom. The summed E-state index contributed by atoms with van der Waals surface area (Å²) in [6, 6.07) is 11.5. The maximum absolute atomic E-state index is 12.2. The summed E-state index contributed by atoms with van der Waals surface area (Å²) < 4.78 is 11.0. The van der Waals surface area contributed by atoms with Gasteiger partial charge >= 0.3 is 0 Å². The van der Waals surface area contributed by atoms with Crippen LogP contribution in [0, 0.1) is 27.7 Å². The van der Waals surface area contributed by atoms with Gasteiger partial charge in [0.05, 0.1) is 19.8 Å². The van der Waals surface area contributed by atoms with E-state index in [9.17, 15) is 9.59 Å². The smallest absolute Gasteiger partial charge is 0.251 e. The Kier molecular flexibility index (Phi) is 9.71. The number of hydrogen-bond acceptors (Lipinski definition) is 4. The Labute approximate surface area is 179 Å². The molecular formula is C25H33NO4. The summed E-state index contributed by atoms with van der Waals surface area (Å²) in [6.07, 6.45) is 1.17. The Morgan fingerprint density at radius 2 is 1.30 bits per heavy atom. The van der Waals surface area contributed by atoms with Crippen LogP contribution in [0.5, 0.6) is 0 Å². The van der Waals surface area contributed by atoms with Gasteiger partial charge in [0.2, 0.25) is 0 Å². The monoisotopic (exact) mass is 411 g/mol. The molecule has 5 heteroatoms. The van der Waals surface area contributed by atoms with Crippen molar-refractivity contribution in [2.45, 2.75) is 40.5 Å². The molecule has 0 aliphatic heterocycles. The number of rotatable bonds is 12. The zero-order valence-electron chi connectivity index (χ0n) is 18.5. The maximum atomic E-state index is 12.2. The number of Topliss-reactive ketones (excluding diaryl/α,β-unsaturated/α-hetero) is 1. The molecule has 30 heavy (non-hydrogen) atoms. The largest absolute Gasteiger partial charge is 0.379 e. The van der Waals surface area contributed by atoms with Crippen LogP contribution < -0.4 is 5.32 Å². The highest BCUT2D eigenvalue weighted by molar-refractivity contribution is 5.96. The van der Waals surface area contributed by atoms with Crippen molar-refractivity contribution in [1.29, 1.82) is 0 Å². The molecule has 2 aromatic rings. The van der Waals surface area contributed by atoms with Crippen molar-refractivity contribution in [3.05, 3.63) is 69.8 Å². The van der Waals surface area contributed by atoms with Crippen LogP contribution in [-0.2, 0) is 9.47 Å². The number of benzene rings is 2. The van der Waals surface area contributed by atoms with Gasteiger partial charge in [-0.25, -0.2) is 0 Å². The third kappa shape index (κ3) is 7.73. The molecule has 2 rings (SSSR count). The summed E-state index contributed by atoms with van der Waals surface area (Å²) in [7, 11) is 0. The molecule has 0 bridgehead atoms. The second-order valence-corrected chi connectivity index (χ2v) is 7.61. The summed E-state index contributed by atoms with van der Waals surface area (Å²) in [4.78, 5) is 24.3. The number of aryl methyl sites for hydroxylation is 4. The van der Waals surface area contributed by atoms with Crippen molar-refractivity contribution in [2.75, 3.05) is 33.0 Å². The number of nitrogens with one attached hydrogen (secondary N) is 1. The zero-order chi connectivity index (χ0) is 21.9. The lowest BCUT2D eigenvalue weighted by molar-refractivity contribution is 0.0465. The Bertz CT molecular complexity index is 789. The van der Waals surface area contributed by atoms with Crippen LogP contribution in [0.4, 0.5) is 0 Å². The predicted molar refractivity (Wildman–Crippen MR) is 119 cm³/mol. The number of ether oxygens (including phenoxy) is 2. The molecule has 0 saturated heterocycles. The highest BCUT2D eigenvalue weighted by Gasteiger charge is 2.07. The van der Waals surface area contributed by atoms with Gasteiger partial charge in [0, 0.05) is 30.7 Å². The fourth-order valence-corrected chi connectivity index (χ4v) is 2.94. The Hall–Kier alpha value is -2.50. The Morgan fingerprint density at radius 1 is 0.733 bits per heavy atom. The fraction of sp³-hybridized carbons (Fsp3) is 0.440. The van der Waals surface area contributed by atoms with Crippen molar-refractivity contribution in [2.24, 2.45) is 0 Å². The van der Waals surface area contributed by atoms with Gasteiger partial charge in [-0.05, 0) is 74.6 Å². The van der Waals surface area contributed by atoms with Crippen molar-refractivity contribution in [3.63, 3.8) is 0 Å². The zero-order valence-corrected chi connectivity index (χ0v) is 18.5. The standard InChI is InChI=1S/C25H33NO4/c1-18-7-9-22(16-20(18)3)24(27)6-5-12-29-14-15-30-13-11-26-25(28)23-10-8-19(2)21(4)17-23/h7-10,16-17H,5-6,11-15H2,1-4H3,(H,26,28). The van der Waals surface area contributed by atoms with E-state index in [-0.39, 0.29) is 11.7 Å². The molecule has 0 saturated carbocycles. The van der Waals surface area contributed by atoms with Crippen LogP contribution in [0.25, 0.3) is 0 Å². The summed E-state index contributed by atoms with van der Waals surface area (Å²) in [5.41, 5.74) is 6.04. The first-order valence-corrected chi connectivity index (χ1v) is 10.5. The topological polar surface area (TPSA) is 64.6 Å². The van der Waals surface area contributed by atoms with E-state index >= 15 is 0 Å². The minimum Gasteiger partial charge on any atom is -0.379 e. The molecule has 0 spiro atoms. The minimum absolute atomic E-state index is 0.0913. The van der Waals surface area contributed by atoms with Gasteiger partial charge in [0.25, 0.3) is 5.91 Å². The number of carbonyl (C=O) groups is 2. The predicted octanol–water partition coefficient (Wildman–Crippen LogP) is 4.35. The summed E-state index contributed by atoms with van der Waals surface area (Å²) >= 11 is 0. The average Bonchev–Trinajstić information content (AvgIpc) is 2.73. The molecule has 0 unspecified atom stereocenters. The maximum Gasteiger partial charge on any atom is 0.251 e. The molecule has 0 atom stereocenters. The Balaban J connectivity index is 1.49. The van der Waals surface area contributed by atoms with E-state index in [0.717, 1.165) is 16.7 Å². The molecule has 0 aromatic heterocycles. The van der Waals surface area contributed by atoms with Gasteiger partial charge in [-0.3, -0.25) is 9.59 Å². The van der Waals surface area contributed by atoms with Gasteiger partial charge < -0.3 is 14.8 Å². The highest BCUT2D eigenvalue weighted by Crippen LogP contribution is 2.12. The van der Waals surface area contributed by atoms with Crippen LogP contribution in [0.1, 0.15) is 55.8 Å². The molecule has 2 aromatic carbocycles. The minimum atomic E-state index is -0.0913. The molecule has 0 aliphatic rings. The number of carbonyl (C=O) groups excluding carboxylic acids is 2. The third-order valence-corrected chi connectivity index (χ3v) is 5.19. The molecule has 0 aliphatic carbocycles. The molecular weight excluding hydrogens is 378 g/mol. The van der Waals surface area contributed by atoms with E-state index in [1.54, 1.807) is 0 Å². The van der Waals surface area contributed by atoms with E-state index in [4.69, 9.17) is 9.47 Å². The van der Waals surface area contributed by atoms with Gasteiger partial charge in [0.1, 0.15) is 0 Å². The van der Waals surface area contributed by atoms with Crippen LogP contribution >= 0.6 is 0 Å². The number of ketones is 1. The van der Waals surface area contributed by atoms with Crippen LogP contribution in [-0.4, -0.2) is 44.7 Å². The van der Waals surface area contributed by atoms with Gasteiger partial charge in [-0.1, -0.05) is 18.2 Å². The van der Waals surface area contributed by atoms with E-state index in [1.165, 1.54) is 11.1 Å². The molecule has 1 amide bonds. The van der Waals surface area contributed by atoms with Crippen LogP contribution in [0.3, 0.4) is 0 Å². The van der Waals surface area contributed by atoms with E-state index in [1.807, 2.05) is 64.1 Å². The lowest BCUT2D eigenvalue weighted by atomic mass is 10.0. The van der Waals surface area contributed by atoms with E-state index in [2.05, 4.69) is 5.32 Å². The van der Waals surface area contributed by atoms with Gasteiger partial charge in [-0.2, -0.15) is 0 Å². The van der Waals surface area contributed by atoms with Crippen molar-refractivity contribution in [3.8, 4) is 0 Å². The SMILES string of the molecule is Cc1ccc(C(=O)CCCOCCOCCNC(=O)c2ccc(C)c(C)c2)cc1C. The quantitative estimate of drug-likeness (QED) is 0.417. The highest BCUT2D eigenvalue weighted by atomic mass is 16.5. The summed E-state index contributed by atoms with van der Waals surface area (Å²) in [5, 5.41) is 2.85. The normalized spacial score (nSPS) is 10.8. The molecule has 1 N–H and O–H groups in total. The molecule has 5 nitrogen and oxygen atoms in total. The first-order valence-electron chi connectivity index (χ1n) is 10.5. The van der Waals surface area contributed by atoms with Gasteiger partial charge in [0.15, 0.2) is 5.78 Å². The fourth-order valence-electron chi connectivity index (χ4n) is 2.94. The number of hydrogen-bond donors (Lipinski definition) is 1. The lowest BCUT2D eigenvalue weighted by Gasteiger charge is -2.08.